The van der Waals surface area contributed by atoms with E-state index < -0.39 is 26.4 Å². The minimum Gasteiger partial charge on any atom is -1.00 e. The van der Waals surface area contributed by atoms with Crippen LogP contribution in [0, 0.1) is 20.8 Å². The van der Waals surface area contributed by atoms with Crippen LogP contribution in [0.5, 0.6) is 0 Å². The van der Waals surface area contributed by atoms with E-state index in [1.54, 1.807) is 0 Å². The Morgan fingerprint density at radius 2 is 0.556 bits per heavy atom. The molecule has 516 valence electrons. The number of halogens is 3. The normalized spacial score (nSPS) is 11.6. The number of aryl methyl sites for hydroxylation is 3. The van der Waals surface area contributed by atoms with E-state index in [2.05, 4.69) is 136 Å². The molecule has 0 aliphatic carbocycles. The summed E-state index contributed by atoms with van der Waals surface area (Å²) in [6, 6.07) is 1.36. The van der Waals surface area contributed by atoms with E-state index >= 15 is 0 Å². The maximum atomic E-state index is 12.7. The van der Waals surface area contributed by atoms with Crippen LogP contribution in [0.1, 0.15) is 134 Å². The number of hydrogen-bond acceptors (Lipinski definition) is 12. The molecule has 0 fully saturated rings. The highest BCUT2D eigenvalue weighted by Crippen LogP contribution is 2.28. The number of carbonyl (C=O) groups is 3. The number of nitrogens with one attached hydrogen (secondary N) is 6. The quantitative estimate of drug-likeness (QED) is 0.0152. The van der Waals surface area contributed by atoms with Gasteiger partial charge in [0, 0.05) is 153 Å². The molecule has 0 radical (unpaired) electrons. The first-order chi connectivity index (χ1) is 42.1. The Balaban J connectivity index is 0.0000135. The van der Waals surface area contributed by atoms with Gasteiger partial charge in [0.1, 0.15) is 56.8 Å². The predicted molar refractivity (Wildman–Crippen MR) is 340 cm³/mol. The van der Waals surface area contributed by atoms with Gasteiger partial charge in [-0.1, -0.05) is 0 Å². The summed E-state index contributed by atoms with van der Waals surface area (Å²) in [5, 5.41) is 18.0. The number of urea groups is 3. The fraction of sp³-hybridized carbons (Fsp3) is 0.700. The van der Waals surface area contributed by atoms with Crippen molar-refractivity contribution in [3.63, 3.8) is 0 Å². The molecule has 3 aromatic heterocycles. The highest BCUT2D eigenvalue weighted by Gasteiger charge is 2.41. The molecule has 0 bridgehead atoms. The zero-order valence-electron chi connectivity index (χ0n) is 56.1. The topological polar surface area (TPSA) is 233 Å². The van der Waals surface area contributed by atoms with Gasteiger partial charge in [0.15, 0.2) is 0 Å². The zero-order valence-corrected chi connectivity index (χ0v) is 63.9. The molecule has 4 aromatic rings. The number of carbonyl (C=O) groups excluding carboxylic acids is 3. The van der Waals surface area contributed by atoms with Crippen molar-refractivity contribution in [2.24, 2.45) is 0 Å². The van der Waals surface area contributed by atoms with Crippen LogP contribution in [0.2, 0.25) is 18.1 Å². The number of benzene rings is 1. The lowest BCUT2D eigenvalue weighted by molar-refractivity contribution is -0.690. The van der Waals surface area contributed by atoms with E-state index in [9.17, 15) is 14.4 Å². The van der Waals surface area contributed by atoms with Gasteiger partial charge in [-0.15, -0.1) is 0 Å². The van der Waals surface area contributed by atoms with Crippen molar-refractivity contribution in [3.8, 4) is 0 Å². The SMILES string of the molecule is CCO[Si](CCCNC(=O)NCCCn1cc[n+](Cc2c(C)c(C[n+]3ccn(CCCNC(=O)NCCC[Si](OCC)(OCC)OCC)c3)c(C)c(C[n+]3ccn(CCCNC(=O)NCCC[Si](OCC)(OCC)OCC)c3)c2C)c1)(OCC)OCC.[Br-].[Br-].[Br-]. The lowest BCUT2D eigenvalue weighted by Gasteiger charge is -2.28. The second kappa shape index (κ2) is 47.3. The van der Waals surface area contributed by atoms with Gasteiger partial charge in [-0.05, 0) is 119 Å². The minimum atomic E-state index is -2.75. The lowest BCUT2D eigenvalue weighted by atomic mass is 9.87. The van der Waals surface area contributed by atoms with Crippen molar-refractivity contribution < 1.29 is 119 Å². The Labute approximate surface area is 572 Å². The van der Waals surface area contributed by atoms with Crippen LogP contribution in [0.4, 0.5) is 14.4 Å². The Kier molecular flexibility index (Phi) is 44.4. The molecule has 4 rings (SSSR count). The molecule has 0 unspecified atom stereocenters. The van der Waals surface area contributed by atoms with Crippen LogP contribution in [-0.2, 0) is 79.1 Å². The second-order valence-electron chi connectivity index (χ2n) is 21.1. The molecule has 0 saturated carbocycles. The highest BCUT2D eigenvalue weighted by atomic mass is 79.9. The summed E-state index contributed by atoms with van der Waals surface area (Å²) in [4.78, 5) is 38.1. The Morgan fingerprint density at radius 1 is 0.356 bits per heavy atom. The van der Waals surface area contributed by atoms with Crippen molar-refractivity contribution in [2.45, 2.75) is 179 Å². The fourth-order valence-corrected chi connectivity index (χ4v) is 18.6. The van der Waals surface area contributed by atoms with Crippen LogP contribution in [-0.4, -0.2) is 157 Å². The molecule has 0 saturated heterocycles. The Hall–Kier alpha value is -3.61. The molecule has 0 aliphatic rings. The lowest BCUT2D eigenvalue weighted by Crippen LogP contribution is -3.00. The molecule has 0 spiro atoms. The first kappa shape index (κ1) is 84.4. The largest absolute Gasteiger partial charge is 1.00 e. The molecule has 30 heteroatoms. The first-order valence-corrected chi connectivity index (χ1v) is 37.9. The van der Waals surface area contributed by atoms with Crippen molar-refractivity contribution in [2.75, 3.05) is 98.7 Å². The van der Waals surface area contributed by atoms with Gasteiger partial charge in [0.25, 0.3) is 0 Å². The van der Waals surface area contributed by atoms with Gasteiger partial charge in [0.05, 0.1) is 19.6 Å². The standard InChI is InChI=1S/C60H108N12O12Si3.3BrH/c1-13-76-85(77-14-2,78-15-3)43-25-31-64-58(73)61-28-22-34-67-37-40-70(49-67)46-55-52(10)56(47-71-41-38-68(50-71)35-23-29-62-59(74)65-32-26-44-86(79-16-4,80-17-5)81-18-6)54(12)57(53(55)11)48-72-42-39-69(51-72)36-24-30-63-60(75)66-33-27-45-87(82-19-7,83-20-8)84-21-9;;;/h37-42,49-51H,13-36,43-48H2,1-12H3,(H3-3,61,62,63,64,65,66,73,74,75);3*1H. The maximum absolute atomic E-state index is 12.7. The zero-order chi connectivity index (χ0) is 63.3. The number of hydrogen-bond donors (Lipinski definition) is 6. The summed E-state index contributed by atoms with van der Waals surface area (Å²) < 4.78 is 66.9. The summed E-state index contributed by atoms with van der Waals surface area (Å²) >= 11 is 0. The maximum Gasteiger partial charge on any atom is 0.500 e. The monoisotopic (exact) mass is 1510 g/mol. The third-order valence-corrected chi connectivity index (χ3v) is 24.2. The Morgan fingerprint density at radius 3 is 0.756 bits per heavy atom. The van der Waals surface area contributed by atoms with E-state index in [-0.39, 0.29) is 69.0 Å². The van der Waals surface area contributed by atoms with E-state index in [0.717, 1.165) is 38.9 Å². The third-order valence-electron chi connectivity index (χ3n) is 14.7. The van der Waals surface area contributed by atoms with Gasteiger partial charge in [0.2, 0.25) is 19.0 Å². The Bertz CT molecular complexity index is 2260. The van der Waals surface area contributed by atoms with Gasteiger partial charge in [-0.2, -0.15) is 0 Å². The number of rotatable bonds is 48. The minimum absolute atomic E-state index is 0. The van der Waals surface area contributed by atoms with Gasteiger partial charge < -0.3 is 123 Å². The van der Waals surface area contributed by atoms with Crippen molar-refractivity contribution in [1.82, 2.24) is 45.6 Å². The molecule has 6 N–H and O–H groups in total. The number of nitrogens with zero attached hydrogens (tertiary/aromatic N) is 6. The summed E-state index contributed by atoms with van der Waals surface area (Å²) in [5.74, 6) is 0. The molecule has 0 atom stereocenters. The average molecular weight is 1520 g/mol. The van der Waals surface area contributed by atoms with E-state index in [4.69, 9.17) is 39.8 Å². The summed E-state index contributed by atoms with van der Waals surface area (Å²) in [6.45, 7) is 36.4. The molecular formula is C60H111Br3N12O12Si3. The first-order valence-electron chi connectivity index (χ1n) is 32.1. The van der Waals surface area contributed by atoms with Crippen LogP contribution in [0.3, 0.4) is 0 Å². The van der Waals surface area contributed by atoms with Crippen molar-refractivity contribution in [1.29, 1.82) is 0 Å². The van der Waals surface area contributed by atoms with Crippen LogP contribution >= 0.6 is 0 Å². The average Bonchev–Trinajstić information content (AvgIpc) is 1.24. The molecule has 24 nitrogen and oxygen atoms in total. The van der Waals surface area contributed by atoms with Gasteiger partial charge in [-0.25, -0.2) is 41.8 Å². The number of imidazole rings is 3. The van der Waals surface area contributed by atoms with Gasteiger partial charge >= 0.3 is 44.5 Å². The smallest absolute Gasteiger partial charge is 0.500 e. The number of amides is 6. The van der Waals surface area contributed by atoms with E-state index in [0.29, 0.717) is 156 Å². The second-order valence-corrected chi connectivity index (χ2v) is 29.3. The van der Waals surface area contributed by atoms with E-state index in [1.807, 2.05) is 62.3 Å². The molecule has 90 heavy (non-hydrogen) atoms. The van der Waals surface area contributed by atoms with E-state index in [1.165, 1.54) is 33.4 Å². The molecule has 6 amide bonds. The highest BCUT2D eigenvalue weighted by molar-refractivity contribution is 6.61. The van der Waals surface area contributed by atoms with Crippen LogP contribution < -0.4 is 96.5 Å². The summed E-state index contributed by atoms with van der Waals surface area (Å²) in [6.07, 6.45) is 23.5. The molecule has 1 aromatic carbocycles. The summed E-state index contributed by atoms with van der Waals surface area (Å²) in [7, 11) is -8.26. The van der Waals surface area contributed by atoms with Crippen molar-refractivity contribution >= 4 is 44.5 Å². The van der Waals surface area contributed by atoms with Crippen LogP contribution in [0.15, 0.2) is 56.2 Å². The molecular weight excluding hydrogens is 1400 g/mol. The fourth-order valence-electron chi connectivity index (χ4n) is 10.7. The molecule has 3 heterocycles. The predicted octanol–water partition coefficient (Wildman–Crippen LogP) is -2.58. The van der Waals surface area contributed by atoms with Gasteiger partial charge in [-0.3, -0.25) is 0 Å². The third kappa shape index (κ3) is 29.8. The number of aromatic nitrogens is 6. The van der Waals surface area contributed by atoms with Crippen molar-refractivity contribution in [3.05, 3.63) is 89.5 Å². The van der Waals surface area contributed by atoms with Crippen LogP contribution in [0.25, 0.3) is 0 Å². The molecule has 0 aliphatic heterocycles. The summed E-state index contributed by atoms with van der Waals surface area (Å²) in [5.41, 5.74) is 7.63.